The van der Waals surface area contributed by atoms with Crippen molar-refractivity contribution in [2.24, 2.45) is 11.1 Å². The monoisotopic (exact) mass is 294 g/mol. The minimum absolute atomic E-state index is 0.113. The quantitative estimate of drug-likeness (QED) is 0.843. The standard InChI is InChI=1S/C13H15F5N2/c14-11(15)12(3-4-12)5-9(6-19)8-1-2-10(20-7-8)13(16,17)18/h1-2,7,9,11H,3-6,19H2/t9-/m1/s1. The maximum absolute atomic E-state index is 12.9. The summed E-state index contributed by atoms with van der Waals surface area (Å²) in [6.07, 6.45) is -4.77. The fourth-order valence-electron chi connectivity index (χ4n) is 2.31. The molecule has 20 heavy (non-hydrogen) atoms. The predicted octanol–water partition coefficient (Wildman–Crippen LogP) is 3.58. The van der Waals surface area contributed by atoms with E-state index in [0.29, 0.717) is 18.4 Å². The van der Waals surface area contributed by atoms with Gasteiger partial charge in [0.1, 0.15) is 5.69 Å². The smallest absolute Gasteiger partial charge is 0.330 e. The summed E-state index contributed by atoms with van der Waals surface area (Å²) in [4.78, 5) is 3.35. The van der Waals surface area contributed by atoms with Crippen molar-refractivity contribution in [3.63, 3.8) is 0 Å². The highest BCUT2D eigenvalue weighted by Crippen LogP contribution is 2.56. The van der Waals surface area contributed by atoms with Crippen molar-refractivity contribution in [3.05, 3.63) is 29.6 Å². The largest absolute Gasteiger partial charge is 0.433 e. The summed E-state index contributed by atoms with van der Waals surface area (Å²) in [6.45, 7) is 0.113. The Kier molecular flexibility index (Phi) is 4.00. The van der Waals surface area contributed by atoms with Crippen molar-refractivity contribution in [3.8, 4) is 0 Å². The molecule has 1 heterocycles. The molecule has 0 bridgehead atoms. The number of alkyl halides is 5. The van der Waals surface area contributed by atoms with E-state index >= 15 is 0 Å². The van der Waals surface area contributed by atoms with Crippen LogP contribution in [0.5, 0.6) is 0 Å². The van der Waals surface area contributed by atoms with Crippen molar-refractivity contribution < 1.29 is 22.0 Å². The third-order valence-corrected chi connectivity index (χ3v) is 3.84. The van der Waals surface area contributed by atoms with Crippen LogP contribution < -0.4 is 5.73 Å². The molecule has 1 atom stereocenters. The van der Waals surface area contributed by atoms with E-state index in [2.05, 4.69) is 4.98 Å². The second kappa shape index (κ2) is 5.27. The van der Waals surface area contributed by atoms with Crippen molar-refractivity contribution in [2.75, 3.05) is 6.54 Å². The molecule has 0 aromatic carbocycles. The summed E-state index contributed by atoms with van der Waals surface area (Å²) in [5.74, 6) is -0.388. The summed E-state index contributed by atoms with van der Waals surface area (Å²) in [5, 5.41) is 0. The average Bonchev–Trinajstić information content (AvgIpc) is 3.16. The van der Waals surface area contributed by atoms with E-state index in [1.807, 2.05) is 0 Å². The Morgan fingerprint density at radius 3 is 2.25 bits per heavy atom. The third-order valence-electron chi connectivity index (χ3n) is 3.84. The highest BCUT2D eigenvalue weighted by Gasteiger charge is 2.51. The van der Waals surface area contributed by atoms with Gasteiger partial charge in [-0.25, -0.2) is 8.78 Å². The van der Waals surface area contributed by atoms with Gasteiger partial charge in [-0.1, -0.05) is 6.07 Å². The molecule has 0 aliphatic heterocycles. The molecule has 2 rings (SSSR count). The summed E-state index contributed by atoms with van der Waals surface area (Å²) in [6, 6.07) is 2.13. The van der Waals surface area contributed by atoms with Gasteiger partial charge in [0, 0.05) is 11.6 Å². The number of halogens is 5. The predicted molar refractivity (Wildman–Crippen MR) is 63.3 cm³/mol. The van der Waals surface area contributed by atoms with Gasteiger partial charge in [0.2, 0.25) is 6.43 Å². The number of hydrogen-bond acceptors (Lipinski definition) is 2. The van der Waals surface area contributed by atoms with Crippen LogP contribution in [-0.4, -0.2) is 18.0 Å². The third kappa shape index (κ3) is 3.08. The summed E-state index contributed by atoms with van der Waals surface area (Å²) in [7, 11) is 0. The van der Waals surface area contributed by atoms with Crippen LogP contribution >= 0.6 is 0 Å². The van der Waals surface area contributed by atoms with Gasteiger partial charge in [-0.2, -0.15) is 13.2 Å². The van der Waals surface area contributed by atoms with Gasteiger partial charge in [-0.3, -0.25) is 4.98 Å². The van der Waals surface area contributed by atoms with Crippen LogP contribution in [0.4, 0.5) is 22.0 Å². The van der Waals surface area contributed by atoms with E-state index in [0.717, 1.165) is 12.3 Å². The van der Waals surface area contributed by atoms with Gasteiger partial charge < -0.3 is 5.73 Å². The van der Waals surface area contributed by atoms with Gasteiger partial charge in [0.25, 0.3) is 0 Å². The van der Waals surface area contributed by atoms with E-state index in [9.17, 15) is 22.0 Å². The van der Waals surface area contributed by atoms with Gasteiger partial charge in [-0.15, -0.1) is 0 Å². The number of aromatic nitrogens is 1. The Morgan fingerprint density at radius 1 is 1.25 bits per heavy atom. The molecule has 7 heteroatoms. The highest BCUT2D eigenvalue weighted by molar-refractivity contribution is 5.21. The molecule has 0 unspecified atom stereocenters. The van der Waals surface area contributed by atoms with E-state index in [4.69, 9.17) is 5.73 Å². The van der Waals surface area contributed by atoms with E-state index < -0.39 is 23.7 Å². The lowest BCUT2D eigenvalue weighted by atomic mass is 9.87. The number of nitrogens with zero attached hydrogens (tertiary/aromatic N) is 1. The molecule has 0 spiro atoms. The second-order valence-corrected chi connectivity index (χ2v) is 5.27. The first-order valence-corrected chi connectivity index (χ1v) is 6.30. The first-order chi connectivity index (χ1) is 9.28. The van der Waals surface area contributed by atoms with Crippen LogP contribution in [0.15, 0.2) is 18.3 Å². The molecular weight excluding hydrogens is 279 g/mol. The minimum atomic E-state index is -4.50. The van der Waals surface area contributed by atoms with Gasteiger partial charge in [0.15, 0.2) is 0 Å². The zero-order valence-electron chi connectivity index (χ0n) is 10.6. The molecule has 1 aromatic rings. The lowest BCUT2D eigenvalue weighted by Crippen LogP contribution is -2.22. The fraction of sp³-hybridized carbons (Fsp3) is 0.615. The number of rotatable bonds is 5. The maximum atomic E-state index is 12.9. The molecule has 0 saturated heterocycles. The Labute approximate surface area is 113 Å². The van der Waals surface area contributed by atoms with Crippen LogP contribution in [0.25, 0.3) is 0 Å². The van der Waals surface area contributed by atoms with Crippen molar-refractivity contribution in [1.82, 2.24) is 4.98 Å². The zero-order valence-corrected chi connectivity index (χ0v) is 10.6. The van der Waals surface area contributed by atoms with E-state index in [1.165, 1.54) is 6.07 Å². The first-order valence-electron chi connectivity index (χ1n) is 6.30. The Morgan fingerprint density at radius 2 is 1.90 bits per heavy atom. The van der Waals surface area contributed by atoms with Gasteiger partial charge >= 0.3 is 6.18 Å². The maximum Gasteiger partial charge on any atom is 0.433 e. The zero-order chi connectivity index (χ0) is 15.0. The summed E-state index contributed by atoms with van der Waals surface area (Å²) >= 11 is 0. The summed E-state index contributed by atoms with van der Waals surface area (Å²) in [5.41, 5.74) is 4.05. The molecule has 0 amide bonds. The lowest BCUT2D eigenvalue weighted by Gasteiger charge is -2.22. The molecule has 1 aliphatic carbocycles. The number of hydrogen-bond donors (Lipinski definition) is 1. The molecule has 112 valence electrons. The SMILES string of the molecule is NC[C@@H](CC1(C(F)F)CC1)c1ccc(C(F)(F)F)nc1. The molecule has 0 radical (unpaired) electrons. The number of pyridine rings is 1. The lowest BCUT2D eigenvalue weighted by molar-refractivity contribution is -0.141. The minimum Gasteiger partial charge on any atom is -0.330 e. The second-order valence-electron chi connectivity index (χ2n) is 5.27. The topological polar surface area (TPSA) is 38.9 Å². The van der Waals surface area contributed by atoms with Crippen LogP contribution in [0.2, 0.25) is 0 Å². The van der Waals surface area contributed by atoms with E-state index in [-0.39, 0.29) is 18.9 Å². The van der Waals surface area contributed by atoms with Gasteiger partial charge in [0.05, 0.1) is 0 Å². The van der Waals surface area contributed by atoms with Crippen LogP contribution in [0.1, 0.15) is 36.4 Å². The number of nitrogens with two attached hydrogens (primary N) is 1. The van der Waals surface area contributed by atoms with Crippen molar-refractivity contribution >= 4 is 0 Å². The Bertz CT molecular complexity index is 451. The Balaban J connectivity index is 2.12. The van der Waals surface area contributed by atoms with Crippen LogP contribution in [0.3, 0.4) is 0 Å². The first kappa shape index (κ1) is 15.2. The fourth-order valence-corrected chi connectivity index (χ4v) is 2.31. The van der Waals surface area contributed by atoms with E-state index in [1.54, 1.807) is 0 Å². The summed E-state index contributed by atoms with van der Waals surface area (Å²) < 4.78 is 63.0. The highest BCUT2D eigenvalue weighted by atomic mass is 19.4. The molecule has 2 nitrogen and oxygen atoms in total. The molecule has 1 aliphatic rings. The normalized spacial score (nSPS) is 19.1. The molecule has 2 N–H and O–H groups in total. The van der Waals surface area contributed by atoms with Crippen molar-refractivity contribution in [1.29, 1.82) is 0 Å². The Hall–Kier alpha value is -1.24. The van der Waals surface area contributed by atoms with Crippen LogP contribution in [-0.2, 0) is 6.18 Å². The molecular formula is C13H15F5N2. The molecule has 1 aromatic heterocycles. The van der Waals surface area contributed by atoms with Crippen molar-refractivity contribution in [2.45, 2.75) is 37.8 Å². The van der Waals surface area contributed by atoms with Crippen LogP contribution in [0, 0.1) is 5.41 Å². The van der Waals surface area contributed by atoms with Gasteiger partial charge in [-0.05, 0) is 43.4 Å². The molecule has 1 saturated carbocycles. The molecule has 1 fully saturated rings. The average molecular weight is 294 g/mol.